The van der Waals surface area contributed by atoms with Gasteiger partial charge in [0.25, 0.3) is 0 Å². The van der Waals surface area contributed by atoms with Crippen LogP contribution in [0.5, 0.6) is 17.2 Å². The number of Topliss-reactive ketones (excluding diaryl/α,β-unsaturated/α-hetero) is 1. The van der Waals surface area contributed by atoms with Crippen molar-refractivity contribution in [2.24, 2.45) is 0 Å². The van der Waals surface area contributed by atoms with Crippen LogP contribution in [0.1, 0.15) is 43.5 Å². The van der Waals surface area contributed by atoms with Crippen molar-refractivity contribution in [3.8, 4) is 17.2 Å². The van der Waals surface area contributed by atoms with Crippen molar-refractivity contribution in [3.05, 3.63) is 16.7 Å². The molecule has 1 aromatic rings. The van der Waals surface area contributed by atoms with Gasteiger partial charge < -0.3 is 14.9 Å². The van der Waals surface area contributed by atoms with E-state index in [-0.39, 0.29) is 40.0 Å². The third-order valence-electron chi connectivity index (χ3n) is 3.55. The number of ketones is 1. The lowest BCUT2D eigenvalue weighted by Crippen LogP contribution is -2.41. The first-order valence-corrected chi connectivity index (χ1v) is 6.28. The third-order valence-corrected chi connectivity index (χ3v) is 3.91. The fraction of sp³-hybridized carbons (Fsp3) is 0.462. The van der Waals surface area contributed by atoms with Gasteiger partial charge >= 0.3 is 0 Å². The Hall–Kier alpha value is -1.42. The highest BCUT2D eigenvalue weighted by Gasteiger charge is 2.40. The molecule has 0 atom stereocenters. The van der Waals surface area contributed by atoms with Crippen LogP contribution in [-0.4, -0.2) is 21.6 Å². The van der Waals surface area contributed by atoms with Crippen LogP contribution in [0.25, 0.3) is 0 Å². The molecule has 0 amide bonds. The number of hydrogen-bond donors (Lipinski definition) is 2. The molecule has 1 aliphatic heterocycles. The minimum absolute atomic E-state index is 0.0258. The van der Waals surface area contributed by atoms with Crippen molar-refractivity contribution in [1.82, 2.24) is 0 Å². The van der Waals surface area contributed by atoms with Crippen molar-refractivity contribution in [1.29, 1.82) is 0 Å². The molecule has 2 rings (SSSR count). The van der Waals surface area contributed by atoms with Gasteiger partial charge in [0.2, 0.25) is 0 Å². The van der Waals surface area contributed by atoms with Crippen LogP contribution in [0.15, 0.2) is 6.07 Å². The van der Waals surface area contributed by atoms with E-state index >= 15 is 0 Å². The molecule has 0 spiro atoms. The summed E-state index contributed by atoms with van der Waals surface area (Å²) >= 11 is 5.95. The smallest absolute Gasteiger partial charge is 0.174 e. The number of phenols is 2. The number of ether oxygens (including phenoxy) is 1. The second-order valence-electron chi connectivity index (χ2n) is 4.53. The lowest BCUT2D eigenvalue weighted by atomic mass is 9.85. The standard InChI is InChI=1S/C13H15ClO4/c1-3-13(4-2)6-9(17)10-7(15)5-8(16)11(14)12(10)18-13/h5,15-16H,3-4,6H2,1-2H3. The molecule has 4 nitrogen and oxygen atoms in total. The van der Waals surface area contributed by atoms with Gasteiger partial charge in [-0.1, -0.05) is 25.4 Å². The van der Waals surface area contributed by atoms with Gasteiger partial charge in [-0.15, -0.1) is 0 Å². The Morgan fingerprint density at radius 3 is 2.50 bits per heavy atom. The molecule has 98 valence electrons. The summed E-state index contributed by atoms with van der Waals surface area (Å²) in [6.45, 7) is 3.86. The van der Waals surface area contributed by atoms with Gasteiger partial charge in [-0.2, -0.15) is 0 Å². The number of aromatic hydroxyl groups is 2. The number of rotatable bonds is 2. The lowest BCUT2D eigenvalue weighted by molar-refractivity contribution is 0.0344. The van der Waals surface area contributed by atoms with Crippen LogP contribution < -0.4 is 4.74 Å². The molecule has 1 aromatic carbocycles. The molecule has 0 unspecified atom stereocenters. The molecule has 0 radical (unpaired) electrons. The summed E-state index contributed by atoms with van der Waals surface area (Å²) in [7, 11) is 0. The molecule has 0 aliphatic carbocycles. The molecule has 5 heteroatoms. The van der Waals surface area contributed by atoms with Gasteiger partial charge in [0.15, 0.2) is 11.5 Å². The zero-order valence-corrected chi connectivity index (χ0v) is 11.0. The van der Waals surface area contributed by atoms with E-state index in [1.54, 1.807) is 0 Å². The molecule has 0 saturated carbocycles. The minimum atomic E-state index is -0.603. The van der Waals surface area contributed by atoms with Gasteiger partial charge in [0.05, 0.1) is 6.42 Å². The maximum Gasteiger partial charge on any atom is 0.174 e. The summed E-state index contributed by atoms with van der Waals surface area (Å²) in [6.07, 6.45) is 1.52. The second-order valence-corrected chi connectivity index (χ2v) is 4.90. The number of halogens is 1. The van der Waals surface area contributed by atoms with Gasteiger partial charge in [-0.05, 0) is 12.8 Å². The predicted molar refractivity (Wildman–Crippen MR) is 67.7 cm³/mol. The number of benzene rings is 1. The Bertz CT molecular complexity index is 506. The first-order valence-electron chi connectivity index (χ1n) is 5.90. The summed E-state index contributed by atoms with van der Waals surface area (Å²) in [5.74, 6) is -0.699. The van der Waals surface area contributed by atoms with E-state index in [2.05, 4.69) is 0 Å². The number of hydrogen-bond acceptors (Lipinski definition) is 4. The van der Waals surface area contributed by atoms with Gasteiger partial charge in [0, 0.05) is 6.07 Å². The number of carbonyl (C=O) groups is 1. The van der Waals surface area contributed by atoms with E-state index < -0.39 is 5.60 Å². The zero-order chi connectivity index (χ0) is 13.5. The van der Waals surface area contributed by atoms with Crippen LogP contribution in [0.4, 0.5) is 0 Å². The molecule has 1 aliphatic rings. The summed E-state index contributed by atoms with van der Waals surface area (Å²) in [5, 5.41) is 19.3. The fourth-order valence-corrected chi connectivity index (χ4v) is 2.44. The third kappa shape index (κ3) is 1.81. The van der Waals surface area contributed by atoms with Crippen molar-refractivity contribution < 1.29 is 19.7 Å². The maximum atomic E-state index is 12.1. The van der Waals surface area contributed by atoms with E-state index in [4.69, 9.17) is 16.3 Å². The molecule has 0 fully saturated rings. The molecule has 1 heterocycles. The Morgan fingerprint density at radius 2 is 1.94 bits per heavy atom. The first kappa shape index (κ1) is 13.0. The highest BCUT2D eigenvalue weighted by atomic mass is 35.5. The first-order chi connectivity index (χ1) is 8.44. The number of fused-ring (bicyclic) bond motifs is 1. The van der Waals surface area contributed by atoms with Crippen LogP contribution in [0, 0.1) is 0 Å². The van der Waals surface area contributed by atoms with Crippen molar-refractivity contribution in [3.63, 3.8) is 0 Å². The van der Waals surface area contributed by atoms with Gasteiger partial charge in [0.1, 0.15) is 27.7 Å². The van der Waals surface area contributed by atoms with Crippen LogP contribution >= 0.6 is 11.6 Å². The Labute approximate surface area is 110 Å². The topological polar surface area (TPSA) is 66.8 Å². The molecule has 0 aromatic heterocycles. The number of carbonyl (C=O) groups excluding carboxylic acids is 1. The summed E-state index contributed by atoms with van der Waals surface area (Å²) in [6, 6.07) is 1.06. The summed E-state index contributed by atoms with van der Waals surface area (Å²) < 4.78 is 5.81. The Morgan fingerprint density at radius 1 is 1.33 bits per heavy atom. The van der Waals surface area contributed by atoms with E-state index in [0.29, 0.717) is 12.8 Å². The highest BCUT2D eigenvalue weighted by molar-refractivity contribution is 6.34. The molecular formula is C13H15ClO4. The van der Waals surface area contributed by atoms with E-state index in [1.807, 2.05) is 13.8 Å². The SMILES string of the molecule is CCC1(CC)CC(=O)c2c(O)cc(O)c(Cl)c2O1. The predicted octanol–water partition coefficient (Wildman–Crippen LogP) is 3.28. The average molecular weight is 271 g/mol. The van der Waals surface area contributed by atoms with Crippen LogP contribution in [-0.2, 0) is 0 Å². The quantitative estimate of drug-likeness (QED) is 0.865. The second kappa shape index (κ2) is 4.35. The molecular weight excluding hydrogens is 256 g/mol. The minimum Gasteiger partial charge on any atom is -0.507 e. The number of phenolic OH excluding ortho intramolecular Hbond substituents is 2. The van der Waals surface area contributed by atoms with Gasteiger partial charge in [-0.3, -0.25) is 4.79 Å². The van der Waals surface area contributed by atoms with Gasteiger partial charge in [-0.25, -0.2) is 0 Å². The molecule has 0 bridgehead atoms. The molecule has 2 N–H and O–H groups in total. The fourth-order valence-electron chi connectivity index (χ4n) is 2.25. The van der Waals surface area contributed by atoms with Crippen LogP contribution in [0.2, 0.25) is 5.02 Å². The largest absolute Gasteiger partial charge is 0.507 e. The molecule has 18 heavy (non-hydrogen) atoms. The average Bonchev–Trinajstić information content (AvgIpc) is 2.35. The van der Waals surface area contributed by atoms with E-state index in [0.717, 1.165) is 6.07 Å². The summed E-state index contributed by atoms with van der Waals surface area (Å²) in [4.78, 5) is 12.1. The van der Waals surface area contributed by atoms with Crippen LogP contribution in [0.3, 0.4) is 0 Å². The van der Waals surface area contributed by atoms with E-state index in [1.165, 1.54) is 0 Å². The maximum absolute atomic E-state index is 12.1. The Balaban J connectivity index is 2.63. The van der Waals surface area contributed by atoms with Crippen molar-refractivity contribution in [2.75, 3.05) is 0 Å². The monoisotopic (exact) mass is 270 g/mol. The lowest BCUT2D eigenvalue weighted by Gasteiger charge is -2.37. The van der Waals surface area contributed by atoms with Crippen molar-refractivity contribution >= 4 is 17.4 Å². The van der Waals surface area contributed by atoms with Crippen molar-refractivity contribution in [2.45, 2.75) is 38.7 Å². The van der Waals surface area contributed by atoms with E-state index in [9.17, 15) is 15.0 Å². The normalized spacial score (nSPS) is 17.2. The zero-order valence-electron chi connectivity index (χ0n) is 10.3. The molecule has 0 saturated heterocycles. The summed E-state index contributed by atoms with van der Waals surface area (Å²) in [5.41, 5.74) is -0.538. The Kier molecular flexibility index (Phi) is 3.15. The highest BCUT2D eigenvalue weighted by Crippen LogP contribution is 2.48.